The molecule has 3 aromatic carbocycles. The summed E-state index contributed by atoms with van der Waals surface area (Å²) in [6.45, 7) is 0. The van der Waals surface area contributed by atoms with E-state index in [0.29, 0.717) is 16.8 Å². The molecule has 0 aliphatic heterocycles. The molecule has 1 amide bonds. The largest absolute Gasteiger partial charge is 0.322 e. The Morgan fingerprint density at radius 1 is 0.960 bits per heavy atom. The van der Waals surface area contributed by atoms with Crippen LogP contribution in [-0.2, 0) is 5.75 Å². The number of carbonyl (C=O) groups excluding carboxylic acids is 1. The highest BCUT2D eigenvalue weighted by Crippen LogP contribution is 2.22. The van der Waals surface area contributed by atoms with Crippen molar-refractivity contribution in [2.24, 2.45) is 0 Å². The lowest BCUT2D eigenvalue weighted by molar-refractivity contribution is 0.102. The van der Waals surface area contributed by atoms with Crippen molar-refractivity contribution in [1.29, 1.82) is 5.26 Å². The minimum Gasteiger partial charge on any atom is -0.322 e. The number of anilines is 1. The Kier molecular flexibility index (Phi) is 5.50. The molecule has 0 spiro atoms. The van der Waals surface area contributed by atoms with Crippen LogP contribution in [0.1, 0.15) is 21.5 Å². The summed E-state index contributed by atoms with van der Waals surface area (Å²) in [4.78, 5) is 13.5. The quantitative estimate of drug-likeness (QED) is 0.655. The fourth-order valence-corrected chi connectivity index (χ4v) is 3.18. The first-order chi connectivity index (χ1) is 12.2. The van der Waals surface area contributed by atoms with Crippen molar-refractivity contribution in [3.8, 4) is 6.07 Å². The van der Waals surface area contributed by atoms with Gasteiger partial charge in [0.1, 0.15) is 0 Å². The van der Waals surface area contributed by atoms with Crippen LogP contribution in [-0.4, -0.2) is 5.91 Å². The third kappa shape index (κ3) is 4.72. The zero-order valence-electron chi connectivity index (χ0n) is 13.5. The van der Waals surface area contributed by atoms with Gasteiger partial charge in [0.2, 0.25) is 0 Å². The second-order valence-corrected chi connectivity index (χ2v) is 6.49. The van der Waals surface area contributed by atoms with Crippen molar-refractivity contribution < 1.29 is 4.79 Å². The van der Waals surface area contributed by atoms with E-state index in [9.17, 15) is 4.79 Å². The molecule has 122 valence electrons. The predicted molar refractivity (Wildman–Crippen MR) is 102 cm³/mol. The summed E-state index contributed by atoms with van der Waals surface area (Å²) in [6, 6.07) is 26.7. The highest BCUT2D eigenvalue weighted by atomic mass is 32.2. The van der Waals surface area contributed by atoms with E-state index in [2.05, 4.69) is 23.5 Å². The molecule has 0 atom stereocenters. The molecule has 0 aliphatic carbocycles. The summed E-state index contributed by atoms with van der Waals surface area (Å²) >= 11 is 1.76. The molecule has 0 saturated carbocycles. The molecule has 25 heavy (non-hydrogen) atoms. The highest BCUT2D eigenvalue weighted by Gasteiger charge is 2.06. The lowest BCUT2D eigenvalue weighted by Crippen LogP contribution is -2.11. The maximum atomic E-state index is 12.3. The second-order valence-electron chi connectivity index (χ2n) is 5.45. The van der Waals surface area contributed by atoms with E-state index >= 15 is 0 Å². The van der Waals surface area contributed by atoms with Crippen LogP contribution in [0, 0.1) is 11.3 Å². The topological polar surface area (TPSA) is 52.9 Å². The molecule has 3 aromatic rings. The summed E-state index contributed by atoms with van der Waals surface area (Å²) in [7, 11) is 0. The van der Waals surface area contributed by atoms with Crippen LogP contribution in [0.4, 0.5) is 5.69 Å². The van der Waals surface area contributed by atoms with E-state index in [1.54, 1.807) is 36.0 Å². The minimum absolute atomic E-state index is 0.183. The van der Waals surface area contributed by atoms with Gasteiger partial charge in [0.05, 0.1) is 11.6 Å². The van der Waals surface area contributed by atoms with Crippen LogP contribution in [0.15, 0.2) is 83.8 Å². The van der Waals surface area contributed by atoms with Gasteiger partial charge >= 0.3 is 0 Å². The average molecular weight is 344 g/mol. The van der Waals surface area contributed by atoms with E-state index < -0.39 is 0 Å². The molecule has 0 aromatic heterocycles. The Hall–Kier alpha value is -3.03. The molecule has 0 saturated heterocycles. The van der Waals surface area contributed by atoms with Crippen molar-refractivity contribution >= 4 is 23.4 Å². The van der Waals surface area contributed by atoms with Gasteiger partial charge in [-0.25, -0.2) is 0 Å². The SMILES string of the molecule is N#Cc1cccc(NC(=O)c2ccc(CSc3ccccc3)cc2)c1. The van der Waals surface area contributed by atoms with Crippen molar-refractivity contribution in [2.45, 2.75) is 10.6 Å². The monoisotopic (exact) mass is 344 g/mol. The van der Waals surface area contributed by atoms with E-state index in [4.69, 9.17) is 5.26 Å². The molecule has 0 radical (unpaired) electrons. The molecule has 1 N–H and O–H groups in total. The van der Waals surface area contributed by atoms with Gasteiger partial charge in [0.15, 0.2) is 0 Å². The van der Waals surface area contributed by atoms with E-state index in [1.165, 1.54) is 4.90 Å². The normalized spacial score (nSPS) is 10.0. The molecule has 3 rings (SSSR count). The van der Waals surface area contributed by atoms with E-state index in [-0.39, 0.29) is 5.91 Å². The van der Waals surface area contributed by atoms with Gasteiger partial charge in [-0.05, 0) is 48.0 Å². The second kappa shape index (κ2) is 8.18. The van der Waals surface area contributed by atoms with Gasteiger partial charge in [-0.15, -0.1) is 11.8 Å². The van der Waals surface area contributed by atoms with Crippen molar-refractivity contribution in [2.75, 3.05) is 5.32 Å². The molecular formula is C21H16N2OS. The Morgan fingerprint density at radius 3 is 2.44 bits per heavy atom. The van der Waals surface area contributed by atoms with Crippen LogP contribution < -0.4 is 5.32 Å². The molecule has 0 heterocycles. The average Bonchev–Trinajstić information content (AvgIpc) is 2.67. The molecule has 4 heteroatoms. The minimum atomic E-state index is -0.183. The van der Waals surface area contributed by atoms with Crippen molar-refractivity contribution in [1.82, 2.24) is 0 Å². The predicted octanol–water partition coefficient (Wildman–Crippen LogP) is 5.10. The smallest absolute Gasteiger partial charge is 0.255 e. The Labute approximate surface area is 151 Å². The Balaban J connectivity index is 1.61. The van der Waals surface area contributed by atoms with Crippen molar-refractivity contribution in [3.63, 3.8) is 0 Å². The lowest BCUT2D eigenvalue weighted by Gasteiger charge is -2.07. The number of benzene rings is 3. The molecule has 0 unspecified atom stereocenters. The number of rotatable bonds is 5. The zero-order valence-corrected chi connectivity index (χ0v) is 14.3. The number of hydrogen-bond donors (Lipinski definition) is 1. The Morgan fingerprint density at radius 2 is 1.72 bits per heavy atom. The van der Waals surface area contributed by atoms with Crippen molar-refractivity contribution in [3.05, 3.63) is 95.6 Å². The van der Waals surface area contributed by atoms with Gasteiger partial charge < -0.3 is 5.32 Å². The number of hydrogen-bond acceptors (Lipinski definition) is 3. The van der Waals surface area contributed by atoms with E-state index in [0.717, 1.165) is 11.3 Å². The fraction of sp³-hybridized carbons (Fsp3) is 0.0476. The maximum Gasteiger partial charge on any atom is 0.255 e. The summed E-state index contributed by atoms with van der Waals surface area (Å²) in [5, 5.41) is 11.7. The standard InChI is InChI=1S/C21H16N2OS/c22-14-17-5-4-6-19(13-17)23-21(24)18-11-9-16(10-12-18)15-25-20-7-2-1-3-8-20/h1-13H,15H2,(H,23,24). The van der Waals surface area contributed by atoms with E-state index in [1.807, 2.05) is 42.5 Å². The van der Waals surface area contributed by atoms with Crippen LogP contribution in [0.5, 0.6) is 0 Å². The first-order valence-electron chi connectivity index (χ1n) is 7.83. The van der Waals surface area contributed by atoms with Crippen LogP contribution in [0.3, 0.4) is 0 Å². The van der Waals surface area contributed by atoms with Gasteiger partial charge in [-0.3, -0.25) is 4.79 Å². The summed E-state index contributed by atoms with van der Waals surface area (Å²) in [5.41, 5.74) is 2.89. The third-order valence-electron chi connectivity index (χ3n) is 3.61. The summed E-state index contributed by atoms with van der Waals surface area (Å²) in [5.74, 6) is 0.674. The Bertz CT molecular complexity index is 899. The lowest BCUT2D eigenvalue weighted by atomic mass is 10.1. The third-order valence-corrected chi connectivity index (χ3v) is 4.70. The van der Waals surface area contributed by atoms with Crippen LogP contribution >= 0.6 is 11.8 Å². The first kappa shape index (κ1) is 16.8. The number of carbonyl (C=O) groups is 1. The van der Waals surface area contributed by atoms with Gasteiger partial charge in [0, 0.05) is 21.9 Å². The number of amides is 1. The summed E-state index contributed by atoms with van der Waals surface area (Å²) < 4.78 is 0. The number of nitrogens with zero attached hydrogens (tertiary/aromatic N) is 1. The molecule has 0 bridgehead atoms. The number of nitriles is 1. The van der Waals surface area contributed by atoms with Crippen LogP contribution in [0.25, 0.3) is 0 Å². The molecule has 3 nitrogen and oxygen atoms in total. The summed E-state index contributed by atoms with van der Waals surface area (Å²) in [6.07, 6.45) is 0. The van der Waals surface area contributed by atoms with Crippen LogP contribution in [0.2, 0.25) is 0 Å². The van der Waals surface area contributed by atoms with Gasteiger partial charge in [-0.2, -0.15) is 5.26 Å². The molecule has 0 fully saturated rings. The highest BCUT2D eigenvalue weighted by molar-refractivity contribution is 7.98. The fourth-order valence-electron chi connectivity index (χ4n) is 2.31. The number of thioether (sulfide) groups is 1. The maximum absolute atomic E-state index is 12.3. The first-order valence-corrected chi connectivity index (χ1v) is 8.81. The number of nitrogens with one attached hydrogen (secondary N) is 1. The molecule has 0 aliphatic rings. The zero-order chi connectivity index (χ0) is 17.5. The molecular weight excluding hydrogens is 328 g/mol. The van der Waals surface area contributed by atoms with Gasteiger partial charge in [0.25, 0.3) is 5.91 Å². The van der Waals surface area contributed by atoms with Gasteiger partial charge in [-0.1, -0.05) is 36.4 Å².